The van der Waals surface area contributed by atoms with Gasteiger partial charge in [-0.25, -0.2) is 0 Å². The summed E-state index contributed by atoms with van der Waals surface area (Å²) in [5, 5.41) is 18.7. The van der Waals surface area contributed by atoms with Crippen molar-refractivity contribution in [3.05, 3.63) is 46.9 Å². The molecule has 2 aromatic heterocycles. The van der Waals surface area contributed by atoms with Gasteiger partial charge in [0.2, 0.25) is 0 Å². The lowest BCUT2D eigenvalue weighted by molar-refractivity contribution is 0.0675. The zero-order valence-electron chi connectivity index (χ0n) is 13.9. The zero-order chi connectivity index (χ0) is 17.4. The Morgan fingerprint density at radius 2 is 2.28 bits per heavy atom. The molecule has 0 aliphatic heterocycles. The molecule has 0 amide bonds. The first-order valence-corrected chi connectivity index (χ1v) is 8.66. The third-order valence-corrected chi connectivity index (χ3v) is 5.26. The molecule has 1 aromatic carbocycles. The molecule has 6 nitrogen and oxygen atoms in total. The summed E-state index contributed by atoms with van der Waals surface area (Å²) in [6.45, 7) is 2.91. The lowest BCUT2D eigenvalue weighted by atomic mass is 10.1. The molecule has 0 saturated heterocycles. The van der Waals surface area contributed by atoms with Crippen LogP contribution in [-0.4, -0.2) is 21.5 Å². The molecule has 3 N–H and O–H groups in total. The average Bonchev–Trinajstić information content (AvgIpc) is 3.05. The SMILES string of the molecule is CC1(C(O)NCc2[nH]c3cc(OCc4ccon4)ccc3c2Cl)CC1. The molecule has 0 bridgehead atoms. The smallest absolute Gasteiger partial charge is 0.134 e. The van der Waals surface area contributed by atoms with Crippen LogP contribution in [0.25, 0.3) is 10.9 Å². The first kappa shape index (κ1) is 16.4. The van der Waals surface area contributed by atoms with Gasteiger partial charge in [-0.2, -0.15) is 0 Å². The van der Waals surface area contributed by atoms with E-state index in [1.54, 1.807) is 6.07 Å². The van der Waals surface area contributed by atoms with Crippen LogP contribution >= 0.6 is 11.6 Å². The van der Waals surface area contributed by atoms with Crippen molar-refractivity contribution < 1.29 is 14.4 Å². The van der Waals surface area contributed by atoms with E-state index in [9.17, 15) is 5.11 Å². The second-order valence-corrected chi connectivity index (χ2v) is 7.22. The summed E-state index contributed by atoms with van der Waals surface area (Å²) in [6.07, 6.45) is 3.10. The Hall–Kier alpha value is -2.02. The highest BCUT2D eigenvalue weighted by Crippen LogP contribution is 2.47. The number of hydrogen-bond acceptors (Lipinski definition) is 5. The minimum absolute atomic E-state index is 0.000616. The number of aromatic nitrogens is 2. The summed E-state index contributed by atoms with van der Waals surface area (Å²) in [6, 6.07) is 7.47. The molecule has 0 radical (unpaired) electrons. The van der Waals surface area contributed by atoms with Crippen molar-refractivity contribution in [2.75, 3.05) is 0 Å². The van der Waals surface area contributed by atoms with Crippen LogP contribution in [0.1, 0.15) is 31.2 Å². The second kappa shape index (κ2) is 6.37. The van der Waals surface area contributed by atoms with Gasteiger partial charge in [0.25, 0.3) is 0 Å². The number of fused-ring (bicyclic) bond motifs is 1. The molecule has 1 fully saturated rings. The van der Waals surface area contributed by atoms with Gasteiger partial charge in [0.05, 0.1) is 10.5 Å². The van der Waals surface area contributed by atoms with E-state index in [1.165, 1.54) is 6.26 Å². The van der Waals surface area contributed by atoms with Crippen LogP contribution in [0, 0.1) is 5.41 Å². The molecule has 1 saturated carbocycles. The monoisotopic (exact) mass is 361 g/mol. The van der Waals surface area contributed by atoms with Gasteiger partial charge in [0.1, 0.15) is 30.5 Å². The summed E-state index contributed by atoms with van der Waals surface area (Å²) in [5.74, 6) is 0.721. The first-order valence-electron chi connectivity index (χ1n) is 8.29. The number of nitrogens with one attached hydrogen (secondary N) is 2. The number of benzene rings is 1. The van der Waals surface area contributed by atoms with Crippen LogP contribution in [-0.2, 0) is 13.2 Å². The summed E-state index contributed by atoms with van der Waals surface area (Å²) < 4.78 is 10.5. The number of aliphatic hydroxyl groups is 1. The van der Waals surface area contributed by atoms with Gasteiger partial charge in [-0.1, -0.05) is 23.7 Å². The van der Waals surface area contributed by atoms with Gasteiger partial charge in [0, 0.05) is 35.2 Å². The van der Waals surface area contributed by atoms with Crippen molar-refractivity contribution in [2.45, 2.75) is 39.1 Å². The predicted molar refractivity (Wildman–Crippen MR) is 94.3 cm³/mol. The minimum atomic E-state index is -0.517. The number of rotatable bonds is 7. The Labute approximate surface area is 150 Å². The Morgan fingerprint density at radius 3 is 3.00 bits per heavy atom. The van der Waals surface area contributed by atoms with Crippen LogP contribution in [0.5, 0.6) is 5.75 Å². The number of aromatic amines is 1. The molecule has 1 aliphatic rings. The largest absolute Gasteiger partial charge is 0.487 e. The quantitative estimate of drug-likeness (QED) is 0.560. The normalized spacial score (nSPS) is 16.9. The lowest BCUT2D eigenvalue weighted by Crippen LogP contribution is -2.35. The number of H-pyrrole nitrogens is 1. The zero-order valence-corrected chi connectivity index (χ0v) is 14.6. The highest BCUT2D eigenvalue weighted by molar-refractivity contribution is 6.36. The van der Waals surface area contributed by atoms with E-state index in [1.807, 2.05) is 18.2 Å². The molecule has 2 heterocycles. The molecule has 132 valence electrons. The number of hydrogen-bond donors (Lipinski definition) is 3. The van der Waals surface area contributed by atoms with Gasteiger partial charge in [-0.15, -0.1) is 0 Å². The molecular formula is C18H20ClN3O3. The Kier molecular flexibility index (Phi) is 4.19. The van der Waals surface area contributed by atoms with E-state index >= 15 is 0 Å². The number of ether oxygens (including phenoxy) is 1. The van der Waals surface area contributed by atoms with Crippen LogP contribution in [0.15, 0.2) is 35.1 Å². The molecule has 1 unspecified atom stereocenters. The van der Waals surface area contributed by atoms with Crippen molar-refractivity contribution in [2.24, 2.45) is 5.41 Å². The van der Waals surface area contributed by atoms with E-state index in [-0.39, 0.29) is 5.41 Å². The maximum Gasteiger partial charge on any atom is 0.134 e. The molecule has 1 aliphatic carbocycles. The van der Waals surface area contributed by atoms with Gasteiger partial charge in [-0.3, -0.25) is 5.32 Å². The standard InChI is InChI=1S/C18H20ClN3O3/c1-18(5-6-18)17(23)20-9-15-16(19)13-3-2-12(8-14(13)21-15)24-10-11-4-7-25-22-11/h2-4,7-8,17,20-21,23H,5-6,9-10H2,1H3. The van der Waals surface area contributed by atoms with Crippen LogP contribution < -0.4 is 10.1 Å². The van der Waals surface area contributed by atoms with Gasteiger partial charge in [-0.05, 0) is 25.0 Å². The lowest BCUT2D eigenvalue weighted by Gasteiger charge is -2.18. The maximum atomic E-state index is 10.2. The van der Waals surface area contributed by atoms with Crippen molar-refractivity contribution in [3.63, 3.8) is 0 Å². The van der Waals surface area contributed by atoms with Crippen molar-refractivity contribution in [3.8, 4) is 5.75 Å². The third-order valence-electron chi connectivity index (χ3n) is 4.83. The number of nitrogens with zero attached hydrogens (tertiary/aromatic N) is 1. The van der Waals surface area contributed by atoms with Gasteiger partial charge < -0.3 is 19.4 Å². The van der Waals surface area contributed by atoms with Gasteiger partial charge in [0.15, 0.2) is 0 Å². The van der Waals surface area contributed by atoms with E-state index in [4.69, 9.17) is 20.9 Å². The molecule has 1 atom stereocenters. The van der Waals surface area contributed by atoms with Crippen molar-refractivity contribution in [1.82, 2.24) is 15.5 Å². The van der Waals surface area contributed by atoms with Crippen molar-refractivity contribution >= 4 is 22.5 Å². The Morgan fingerprint density at radius 1 is 1.44 bits per heavy atom. The highest BCUT2D eigenvalue weighted by atomic mass is 35.5. The van der Waals surface area contributed by atoms with Gasteiger partial charge >= 0.3 is 0 Å². The molecule has 25 heavy (non-hydrogen) atoms. The fourth-order valence-electron chi connectivity index (χ4n) is 2.79. The van der Waals surface area contributed by atoms with Crippen LogP contribution in [0.4, 0.5) is 0 Å². The molecule has 7 heteroatoms. The first-order chi connectivity index (χ1) is 12.0. The summed E-state index contributed by atoms with van der Waals surface area (Å²) in [7, 11) is 0. The fourth-order valence-corrected chi connectivity index (χ4v) is 3.07. The van der Waals surface area contributed by atoms with E-state index in [0.29, 0.717) is 18.2 Å². The summed E-state index contributed by atoms with van der Waals surface area (Å²) in [5.41, 5.74) is 2.48. The van der Waals surface area contributed by atoms with Crippen molar-refractivity contribution in [1.29, 1.82) is 0 Å². The Bertz CT molecular complexity index is 871. The van der Waals surface area contributed by atoms with Crippen LogP contribution in [0.2, 0.25) is 5.02 Å². The number of aliphatic hydroxyl groups excluding tert-OH is 1. The van der Waals surface area contributed by atoms with E-state index < -0.39 is 6.23 Å². The van der Waals surface area contributed by atoms with Crippen LogP contribution in [0.3, 0.4) is 0 Å². The highest BCUT2D eigenvalue weighted by Gasteiger charge is 2.44. The number of halogens is 1. The summed E-state index contributed by atoms with van der Waals surface area (Å²) in [4.78, 5) is 3.30. The van der Waals surface area contributed by atoms with E-state index in [0.717, 1.165) is 40.9 Å². The average molecular weight is 362 g/mol. The maximum absolute atomic E-state index is 10.2. The van der Waals surface area contributed by atoms with E-state index in [2.05, 4.69) is 22.4 Å². The Balaban J connectivity index is 1.46. The molecular weight excluding hydrogens is 342 g/mol. The summed E-state index contributed by atoms with van der Waals surface area (Å²) >= 11 is 6.47. The minimum Gasteiger partial charge on any atom is -0.487 e. The topological polar surface area (TPSA) is 83.3 Å². The third kappa shape index (κ3) is 3.38. The predicted octanol–water partition coefficient (Wildman–Crippen LogP) is 3.60. The second-order valence-electron chi connectivity index (χ2n) is 6.84. The molecule has 4 rings (SSSR count). The molecule has 0 spiro atoms. The fraction of sp³-hybridized carbons (Fsp3) is 0.389. The molecule has 3 aromatic rings.